The van der Waals surface area contributed by atoms with Crippen LogP contribution < -0.4 is 0 Å². The zero-order valence-electron chi connectivity index (χ0n) is 20.5. The van der Waals surface area contributed by atoms with E-state index in [9.17, 15) is 9.90 Å². The number of carboxylic acid groups (broad SMARTS) is 1. The summed E-state index contributed by atoms with van der Waals surface area (Å²) in [6.45, 7) is 8.55. The Morgan fingerprint density at radius 1 is 1.15 bits per heavy atom. The van der Waals surface area contributed by atoms with E-state index in [2.05, 4.69) is 38.1 Å². The minimum absolute atomic E-state index is 0.0819. The fraction of sp³-hybridized carbons (Fsp3) is 0.500. The molecule has 2 aromatic carbocycles. The maximum Gasteiger partial charge on any atom is 0.309 e. The van der Waals surface area contributed by atoms with Gasteiger partial charge in [-0.3, -0.25) is 4.79 Å². The molecule has 0 amide bonds. The van der Waals surface area contributed by atoms with E-state index in [4.69, 9.17) is 28.0 Å². The van der Waals surface area contributed by atoms with Crippen LogP contribution in [0.25, 0.3) is 0 Å². The molecule has 6 heteroatoms. The van der Waals surface area contributed by atoms with Crippen LogP contribution in [-0.4, -0.2) is 23.9 Å². The molecular formula is C28H33Cl2NO3. The summed E-state index contributed by atoms with van der Waals surface area (Å²) < 4.78 is 0. The highest BCUT2D eigenvalue weighted by atomic mass is 35.5. The summed E-state index contributed by atoms with van der Waals surface area (Å²) in [6, 6.07) is 9.94. The lowest BCUT2D eigenvalue weighted by molar-refractivity contribution is -0.157. The molecule has 2 aromatic rings. The van der Waals surface area contributed by atoms with Gasteiger partial charge in [0.25, 0.3) is 0 Å². The molecule has 0 bridgehead atoms. The number of hydrogen-bond donors (Lipinski definition) is 1. The third-order valence-electron chi connectivity index (χ3n) is 8.26. The smallest absolute Gasteiger partial charge is 0.309 e. The van der Waals surface area contributed by atoms with Crippen LogP contribution in [0.5, 0.6) is 0 Å². The molecule has 3 atom stereocenters. The molecule has 2 aliphatic rings. The third-order valence-corrected chi connectivity index (χ3v) is 8.81. The number of oxime groups is 1. The van der Waals surface area contributed by atoms with Crippen LogP contribution in [0.1, 0.15) is 87.1 Å². The maximum atomic E-state index is 12.4. The summed E-state index contributed by atoms with van der Waals surface area (Å²) in [4.78, 5) is 17.7. The molecule has 1 N–H and O–H groups in total. The number of carbonyl (C=O) groups is 1. The van der Waals surface area contributed by atoms with Crippen molar-refractivity contribution < 1.29 is 14.7 Å². The first kappa shape index (κ1) is 25.1. The summed E-state index contributed by atoms with van der Waals surface area (Å²) in [7, 11) is 1.54. The Morgan fingerprint density at radius 3 is 2.50 bits per heavy atom. The largest absolute Gasteiger partial charge is 0.481 e. The van der Waals surface area contributed by atoms with Gasteiger partial charge in [0, 0.05) is 16.1 Å². The number of benzene rings is 2. The Morgan fingerprint density at radius 2 is 1.88 bits per heavy atom. The predicted molar refractivity (Wildman–Crippen MR) is 138 cm³/mol. The number of aliphatic carboxylic acids is 1. The second-order valence-corrected chi connectivity index (χ2v) is 11.4. The molecule has 1 saturated carbocycles. The van der Waals surface area contributed by atoms with E-state index in [0.717, 1.165) is 43.2 Å². The van der Waals surface area contributed by atoms with Crippen LogP contribution in [0.4, 0.5) is 0 Å². The van der Waals surface area contributed by atoms with Gasteiger partial charge in [-0.05, 0) is 90.8 Å². The Kier molecular flexibility index (Phi) is 6.78. The van der Waals surface area contributed by atoms with Crippen molar-refractivity contribution in [2.24, 2.45) is 16.5 Å². The molecule has 4 nitrogen and oxygen atoms in total. The van der Waals surface area contributed by atoms with Crippen molar-refractivity contribution in [3.05, 3.63) is 68.2 Å². The van der Waals surface area contributed by atoms with Crippen LogP contribution in [0.15, 0.2) is 35.5 Å². The lowest BCUT2D eigenvalue weighted by Crippen LogP contribution is -2.52. The quantitative estimate of drug-likeness (QED) is 0.338. The van der Waals surface area contributed by atoms with Gasteiger partial charge in [-0.25, -0.2) is 0 Å². The average molecular weight is 502 g/mol. The number of hydrogen-bond acceptors (Lipinski definition) is 3. The molecule has 0 unspecified atom stereocenters. The molecule has 1 fully saturated rings. The molecule has 0 aliphatic heterocycles. The van der Waals surface area contributed by atoms with Crippen LogP contribution in [0, 0.1) is 11.3 Å². The van der Waals surface area contributed by atoms with Gasteiger partial charge >= 0.3 is 5.97 Å². The summed E-state index contributed by atoms with van der Waals surface area (Å²) in [5.74, 6) is -0.339. The normalized spacial score (nSPS) is 26.7. The Hall–Kier alpha value is -2.04. The van der Waals surface area contributed by atoms with Crippen LogP contribution in [0.2, 0.25) is 10.0 Å². The molecule has 0 aromatic heterocycles. The molecule has 0 saturated heterocycles. The lowest BCUT2D eigenvalue weighted by atomic mass is 9.49. The number of carboxylic acids is 1. The standard InChI is InChI=1S/C28H33Cl2NO3/c1-16(2)20-13-17-7-10-24-27(3,11-6-12-28(24,4)26(32)33)22(17)15-21(20)25(31-34-5)19-9-8-18(29)14-23(19)30/h8-9,13-16,24H,6-7,10-12H2,1-5H3,(H,32,33)/t24-,27-,28-/m1/s1. The van der Waals surface area contributed by atoms with E-state index in [0.29, 0.717) is 15.8 Å². The molecule has 0 spiro atoms. The fourth-order valence-electron chi connectivity index (χ4n) is 6.49. The van der Waals surface area contributed by atoms with Gasteiger partial charge in [0.15, 0.2) is 0 Å². The highest BCUT2D eigenvalue weighted by Crippen LogP contribution is 2.57. The van der Waals surface area contributed by atoms with E-state index in [-0.39, 0.29) is 17.3 Å². The molecule has 34 heavy (non-hydrogen) atoms. The van der Waals surface area contributed by atoms with Crippen molar-refractivity contribution in [3.63, 3.8) is 0 Å². The predicted octanol–water partition coefficient (Wildman–Crippen LogP) is 7.61. The zero-order valence-corrected chi connectivity index (χ0v) is 22.1. The Bertz CT molecular complexity index is 1160. The van der Waals surface area contributed by atoms with Gasteiger partial charge in [0.2, 0.25) is 0 Å². The minimum atomic E-state index is -0.718. The molecule has 0 heterocycles. The number of aryl methyl sites for hydroxylation is 1. The van der Waals surface area contributed by atoms with E-state index in [1.165, 1.54) is 23.8 Å². The fourth-order valence-corrected chi connectivity index (χ4v) is 6.99. The number of fused-ring (bicyclic) bond motifs is 3. The zero-order chi connectivity index (χ0) is 24.8. The molecule has 0 radical (unpaired) electrons. The summed E-state index contributed by atoms with van der Waals surface area (Å²) in [6.07, 6.45) is 4.39. The summed E-state index contributed by atoms with van der Waals surface area (Å²) in [5, 5.41) is 15.7. The topological polar surface area (TPSA) is 58.9 Å². The second-order valence-electron chi connectivity index (χ2n) is 10.6. The minimum Gasteiger partial charge on any atom is -0.481 e. The average Bonchev–Trinajstić information content (AvgIpc) is 2.77. The van der Waals surface area contributed by atoms with Gasteiger partial charge in [-0.15, -0.1) is 0 Å². The molecule has 4 rings (SSSR count). The van der Waals surface area contributed by atoms with Crippen molar-refractivity contribution in [2.45, 2.75) is 71.1 Å². The lowest BCUT2D eigenvalue weighted by Gasteiger charge is -2.53. The Balaban J connectivity index is 1.95. The number of halogens is 2. The number of rotatable bonds is 5. The van der Waals surface area contributed by atoms with Gasteiger partial charge in [-0.1, -0.05) is 61.6 Å². The van der Waals surface area contributed by atoms with Crippen LogP contribution in [-0.2, 0) is 21.5 Å². The van der Waals surface area contributed by atoms with Crippen molar-refractivity contribution in [3.8, 4) is 0 Å². The highest BCUT2D eigenvalue weighted by molar-refractivity contribution is 6.38. The summed E-state index contributed by atoms with van der Waals surface area (Å²) in [5.41, 5.74) is 5.20. The maximum absolute atomic E-state index is 12.4. The first-order chi connectivity index (χ1) is 16.0. The molecule has 2 aliphatic carbocycles. The molecule has 182 valence electrons. The van der Waals surface area contributed by atoms with E-state index in [1.54, 1.807) is 12.1 Å². The van der Waals surface area contributed by atoms with Gasteiger partial charge < -0.3 is 9.94 Å². The van der Waals surface area contributed by atoms with Gasteiger partial charge in [0.05, 0.1) is 10.4 Å². The first-order valence-corrected chi connectivity index (χ1v) is 12.8. The number of nitrogens with zero attached hydrogens (tertiary/aromatic N) is 1. The van der Waals surface area contributed by atoms with Gasteiger partial charge in [-0.2, -0.15) is 0 Å². The highest BCUT2D eigenvalue weighted by Gasteiger charge is 2.55. The third kappa shape index (κ3) is 4.03. The SMILES string of the molecule is CON=C(c1ccc(Cl)cc1Cl)c1cc2c(cc1C(C)C)CC[C@H]1[C@](C)(C(=O)O)CCC[C@]21C. The summed E-state index contributed by atoms with van der Waals surface area (Å²) >= 11 is 12.8. The molecular weight excluding hydrogens is 469 g/mol. The van der Waals surface area contributed by atoms with Crippen molar-refractivity contribution in [2.75, 3.05) is 7.11 Å². The monoisotopic (exact) mass is 501 g/mol. The first-order valence-electron chi connectivity index (χ1n) is 12.0. The van der Waals surface area contributed by atoms with E-state index in [1.807, 2.05) is 13.0 Å². The second kappa shape index (κ2) is 9.20. The van der Waals surface area contributed by atoms with Gasteiger partial charge in [0.1, 0.15) is 12.8 Å². The van der Waals surface area contributed by atoms with Crippen LogP contribution in [0.3, 0.4) is 0 Å². The van der Waals surface area contributed by atoms with Crippen molar-refractivity contribution >= 4 is 34.9 Å². The van der Waals surface area contributed by atoms with Crippen molar-refractivity contribution in [1.82, 2.24) is 0 Å². The van der Waals surface area contributed by atoms with E-state index < -0.39 is 11.4 Å². The van der Waals surface area contributed by atoms with Crippen LogP contribution >= 0.6 is 23.2 Å². The Labute approximate surface area is 212 Å². The van der Waals surface area contributed by atoms with Crippen molar-refractivity contribution in [1.29, 1.82) is 0 Å². The van der Waals surface area contributed by atoms with E-state index >= 15 is 0 Å².